The van der Waals surface area contributed by atoms with Crippen LogP contribution < -0.4 is 0 Å². The largest absolute Gasteiger partial charge is 0.442 e. The van der Waals surface area contributed by atoms with Crippen molar-refractivity contribution in [2.75, 3.05) is 0 Å². The van der Waals surface area contributed by atoms with Crippen LogP contribution in [0.5, 0.6) is 0 Å². The number of hydrogen-bond donors (Lipinski definition) is 0. The van der Waals surface area contributed by atoms with Crippen LogP contribution in [-0.4, -0.2) is 5.51 Å². The summed E-state index contributed by atoms with van der Waals surface area (Å²) < 4.78 is 40.6. The van der Waals surface area contributed by atoms with Gasteiger partial charge in [-0.25, -0.2) is 0 Å². The van der Waals surface area contributed by atoms with Gasteiger partial charge in [-0.15, -0.1) is 0 Å². The molecular formula is C14H16BrF3S. The van der Waals surface area contributed by atoms with Crippen LogP contribution in [0.1, 0.15) is 37.8 Å². The van der Waals surface area contributed by atoms with Gasteiger partial charge in [0.2, 0.25) is 0 Å². The van der Waals surface area contributed by atoms with Crippen LogP contribution in [0.15, 0.2) is 28.0 Å². The predicted molar refractivity (Wildman–Crippen MR) is 79.5 cm³/mol. The molecule has 5 heteroatoms. The van der Waals surface area contributed by atoms with E-state index in [2.05, 4.69) is 14.8 Å². The van der Waals surface area contributed by atoms with E-state index < -0.39 is 14.0 Å². The summed E-state index contributed by atoms with van der Waals surface area (Å²) in [5.41, 5.74) is -2.44. The third-order valence-electron chi connectivity index (χ3n) is 3.28. The summed E-state index contributed by atoms with van der Waals surface area (Å²) in [5.74, 6) is 0. The number of fused-ring (bicyclic) bond motifs is 1. The van der Waals surface area contributed by atoms with Crippen molar-refractivity contribution in [2.24, 2.45) is 0 Å². The van der Waals surface area contributed by atoms with Gasteiger partial charge >= 0.3 is 5.51 Å². The van der Waals surface area contributed by atoms with Gasteiger partial charge in [0, 0.05) is 4.90 Å². The van der Waals surface area contributed by atoms with E-state index in [4.69, 9.17) is 0 Å². The van der Waals surface area contributed by atoms with Crippen molar-refractivity contribution >= 4 is 29.4 Å². The third kappa shape index (κ3) is 2.35. The van der Waals surface area contributed by atoms with Gasteiger partial charge < -0.3 is 0 Å². The van der Waals surface area contributed by atoms with Crippen molar-refractivity contribution in [3.63, 3.8) is 0 Å². The standard InChI is InChI=1S/C14H16BrF3S/c1-3-5-12-9-11-8-10(4-2)6-7-13(11)19(12,15)14(16,17)18/h6-9H,3-5H2,1-2H3. The van der Waals surface area contributed by atoms with E-state index in [9.17, 15) is 13.2 Å². The molecule has 0 bridgehead atoms. The molecule has 1 aromatic rings. The molecule has 0 N–H and O–H groups in total. The maximum atomic E-state index is 13.5. The molecule has 1 aromatic carbocycles. The molecule has 0 spiro atoms. The smallest absolute Gasteiger partial charge is 0.160 e. The summed E-state index contributed by atoms with van der Waals surface area (Å²) in [5, 5.41) is 0. The lowest BCUT2D eigenvalue weighted by molar-refractivity contribution is -0.0355. The summed E-state index contributed by atoms with van der Waals surface area (Å²) in [6, 6.07) is 5.33. The first-order valence-electron chi connectivity index (χ1n) is 6.27. The molecule has 1 unspecified atom stereocenters. The van der Waals surface area contributed by atoms with E-state index >= 15 is 0 Å². The van der Waals surface area contributed by atoms with E-state index in [0.717, 1.165) is 24.0 Å². The first-order valence-corrected chi connectivity index (χ1v) is 9.75. The van der Waals surface area contributed by atoms with Crippen LogP contribution in [0.2, 0.25) is 0 Å². The minimum atomic E-state index is -4.24. The Morgan fingerprint density at radius 3 is 2.42 bits per heavy atom. The van der Waals surface area contributed by atoms with Crippen LogP contribution in [-0.2, 0) is 6.42 Å². The molecule has 106 valence electrons. The Kier molecular flexibility index (Phi) is 4.07. The maximum absolute atomic E-state index is 13.5. The predicted octanol–water partition coefficient (Wildman–Crippen LogP) is 6.40. The quantitative estimate of drug-likeness (QED) is 0.590. The van der Waals surface area contributed by atoms with E-state index in [1.54, 1.807) is 18.2 Å². The van der Waals surface area contributed by atoms with Crippen molar-refractivity contribution in [2.45, 2.75) is 43.5 Å². The Hall–Kier alpha value is -0.420. The lowest BCUT2D eigenvalue weighted by atomic mass is 10.1. The van der Waals surface area contributed by atoms with Crippen LogP contribution in [0.4, 0.5) is 13.2 Å². The molecule has 1 heterocycles. The third-order valence-corrected chi connectivity index (χ3v) is 9.33. The lowest BCUT2D eigenvalue weighted by Crippen LogP contribution is -2.15. The summed E-state index contributed by atoms with van der Waals surface area (Å²) >= 11 is 3.07. The minimum Gasteiger partial charge on any atom is -0.160 e. The Balaban J connectivity index is 2.59. The zero-order valence-corrected chi connectivity index (χ0v) is 13.3. The van der Waals surface area contributed by atoms with E-state index in [-0.39, 0.29) is 0 Å². The Bertz CT molecular complexity index is 522. The molecule has 1 atom stereocenters. The second kappa shape index (κ2) is 5.17. The summed E-state index contributed by atoms with van der Waals surface area (Å²) in [4.78, 5) is 0.895. The van der Waals surface area contributed by atoms with E-state index in [0.29, 0.717) is 16.2 Å². The molecule has 1 aliphatic heterocycles. The van der Waals surface area contributed by atoms with Crippen molar-refractivity contribution in [3.05, 3.63) is 34.2 Å². The molecule has 0 aromatic heterocycles. The van der Waals surface area contributed by atoms with Gasteiger partial charge in [-0.05, 0) is 64.3 Å². The highest BCUT2D eigenvalue weighted by molar-refractivity contribution is 9.59. The Morgan fingerprint density at radius 1 is 1.21 bits per heavy atom. The maximum Gasteiger partial charge on any atom is 0.442 e. The van der Waals surface area contributed by atoms with Gasteiger partial charge in [0.15, 0.2) is 0 Å². The molecule has 19 heavy (non-hydrogen) atoms. The molecule has 0 saturated carbocycles. The number of aryl methyl sites for hydroxylation is 1. The van der Waals surface area contributed by atoms with Gasteiger partial charge in [-0.1, -0.05) is 32.4 Å². The number of halogens is 4. The van der Waals surface area contributed by atoms with E-state index in [1.807, 2.05) is 19.9 Å². The molecule has 1 aliphatic rings. The summed E-state index contributed by atoms with van der Waals surface area (Å²) in [7, 11) is -3.03. The fraction of sp³-hybridized carbons (Fsp3) is 0.429. The fourth-order valence-corrected chi connectivity index (χ4v) is 6.27. The van der Waals surface area contributed by atoms with Crippen molar-refractivity contribution in [3.8, 4) is 0 Å². The Labute approximate surface area is 120 Å². The van der Waals surface area contributed by atoms with Crippen molar-refractivity contribution in [1.82, 2.24) is 0 Å². The fourth-order valence-electron chi connectivity index (χ4n) is 2.32. The van der Waals surface area contributed by atoms with Crippen LogP contribution in [0, 0.1) is 0 Å². The number of allylic oxidation sites excluding steroid dienone is 1. The molecule has 0 aliphatic carbocycles. The number of rotatable bonds is 3. The normalized spacial score (nSPS) is 25.7. The average Bonchev–Trinajstić information content (AvgIpc) is 2.63. The van der Waals surface area contributed by atoms with Gasteiger partial charge in [-0.3, -0.25) is 0 Å². The Morgan fingerprint density at radius 2 is 1.89 bits per heavy atom. The number of benzene rings is 1. The van der Waals surface area contributed by atoms with Crippen molar-refractivity contribution in [1.29, 1.82) is 0 Å². The summed E-state index contributed by atoms with van der Waals surface area (Å²) in [6.07, 6.45) is 3.77. The molecule has 0 saturated heterocycles. The highest BCUT2D eigenvalue weighted by atomic mass is 79.9. The first-order chi connectivity index (χ1) is 8.84. The zero-order valence-electron chi connectivity index (χ0n) is 10.9. The van der Waals surface area contributed by atoms with Crippen molar-refractivity contribution < 1.29 is 13.2 Å². The van der Waals surface area contributed by atoms with Gasteiger partial charge in [0.1, 0.15) is 0 Å². The highest BCUT2D eigenvalue weighted by Gasteiger charge is 2.54. The SMILES string of the molecule is CCCC1=Cc2cc(CC)ccc2S1(Br)C(F)(F)F. The van der Waals surface area contributed by atoms with Gasteiger partial charge in [-0.2, -0.15) is 13.2 Å². The number of alkyl halides is 3. The second-order valence-electron chi connectivity index (χ2n) is 4.57. The first kappa shape index (κ1) is 15.0. The highest BCUT2D eigenvalue weighted by Crippen LogP contribution is 2.81. The van der Waals surface area contributed by atoms with Crippen LogP contribution in [0.3, 0.4) is 0 Å². The van der Waals surface area contributed by atoms with Gasteiger partial charge in [0.25, 0.3) is 0 Å². The number of hydrogen-bond acceptors (Lipinski definition) is 0. The molecule has 0 radical (unpaired) electrons. The topological polar surface area (TPSA) is 0 Å². The molecule has 0 amide bonds. The molecule has 0 nitrogen and oxygen atoms in total. The van der Waals surface area contributed by atoms with E-state index in [1.165, 1.54) is 0 Å². The monoisotopic (exact) mass is 352 g/mol. The molecule has 2 rings (SSSR count). The zero-order chi connectivity index (χ0) is 14.3. The minimum absolute atomic E-state index is 0.403. The second-order valence-corrected chi connectivity index (χ2v) is 9.99. The molecule has 0 fully saturated rings. The lowest BCUT2D eigenvalue weighted by Gasteiger charge is -2.35. The van der Waals surface area contributed by atoms with Gasteiger partial charge in [0.05, 0.1) is 0 Å². The molecular weight excluding hydrogens is 337 g/mol. The van der Waals surface area contributed by atoms with Crippen LogP contribution in [0.25, 0.3) is 6.08 Å². The summed E-state index contributed by atoms with van der Waals surface area (Å²) in [6.45, 7) is 3.91. The average molecular weight is 353 g/mol. The van der Waals surface area contributed by atoms with Crippen LogP contribution >= 0.6 is 23.3 Å².